The Labute approximate surface area is 89.2 Å². The molecule has 0 spiro atoms. The van der Waals surface area contributed by atoms with E-state index in [4.69, 9.17) is 14.6 Å². The maximum Gasteiger partial charge on any atom is 0.335 e. The fraction of sp³-hybridized carbons (Fsp3) is 0.300. The van der Waals surface area contributed by atoms with E-state index in [0.29, 0.717) is 19.0 Å². The van der Waals surface area contributed by atoms with Crippen molar-refractivity contribution in [2.45, 2.75) is 0 Å². The quantitative estimate of drug-likeness (QED) is 0.531. The average molecular weight is 208 g/mol. The van der Waals surface area contributed by atoms with E-state index in [9.17, 15) is 4.79 Å². The lowest BCUT2D eigenvalue weighted by molar-refractivity contribution is 0.0696. The summed E-state index contributed by atoms with van der Waals surface area (Å²) in [7, 11) is 3.46. The molecular weight excluding hydrogens is 195 g/mol. The lowest BCUT2D eigenvalue weighted by Crippen LogP contribution is -2.14. The first kappa shape index (κ1) is 11.6. The number of aromatic carboxylic acids is 1. The van der Waals surface area contributed by atoms with Gasteiger partial charge >= 0.3 is 5.97 Å². The summed E-state index contributed by atoms with van der Waals surface area (Å²) in [4.78, 5) is 10.7. The lowest BCUT2D eigenvalue weighted by Gasteiger charge is -2.09. The number of methoxy groups -OCH3 is 1. The van der Waals surface area contributed by atoms with Gasteiger partial charge in [-0.25, -0.2) is 4.79 Å². The molecule has 0 saturated carbocycles. The van der Waals surface area contributed by atoms with Crippen molar-refractivity contribution in [2.24, 2.45) is 0 Å². The molecule has 0 aliphatic rings. The molecule has 0 atom stereocenters. The highest BCUT2D eigenvalue weighted by Gasteiger charge is 2.06. The molecule has 0 heterocycles. The van der Waals surface area contributed by atoms with E-state index >= 15 is 0 Å². The van der Waals surface area contributed by atoms with Crippen LogP contribution in [0.2, 0.25) is 0 Å². The molecule has 0 unspecified atom stereocenters. The minimum atomic E-state index is -0.952. The average Bonchev–Trinajstić information content (AvgIpc) is 2.20. The summed E-state index contributed by atoms with van der Waals surface area (Å²) in [6.07, 6.45) is 0. The fourth-order valence-electron chi connectivity index (χ4n) is 1.12. The Balaban J connectivity index is 2.76. The van der Waals surface area contributed by atoms with Crippen LogP contribution >= 0.6 is 0 Å². The zero-order valence-corrected chi connectivity index (χ0v) is 8.82. The Morgan fingerprint density at radius 1 is 1.47 bits per heavy atom. The molecule has 0 aromatic heterocycles. The van der Waals surface area contributed by atoms with Gasteiger partial charge in [-0.15, -0.1) is 0 Å². The Morgan fingerprint density at radius 2 is 2.20 bits per heavy atom. The zero-order chi connectivity index (χ0) is 11.3. The number of ether oxygens (including phenoxy) is 2. The van der Waals surface area contributed by atoms with Crippen molar-refractivity contribution in [3.8, 4) is 5.75 Å². The van der Waals surface area contributed by atoms with Crippen LogP contribution in [0.4, 0.5) is 0 Å². The molecule has 0 bridgehead atoms. The van der Waals surface area contributed by atoms with Crippen LogP contribution in [0, 0.1) is 0 Å². The van der Waals surface area contributed by atoms with Gasteiger partial charge in [-0.05, 0) is 17.6 Å². The Bertz CT molecular complexity index is 351. The zero-order valence-electron chi connectivity index (χ0n) is 8.82. The fourth-order valence-corrected chi connectivity index (χ4v) is 1.12. The second-order valence-corrected chi connectivity index (χ2v) is 3.13. The molecule has 0 radical (unpaired) electrons. The summed E-state index contributed by atoms with van der Waals surface area (Å²) in [5, 5.41) is 8.79. The van der Waals surface area contributed by atoms with E-state index in [1.54, 1.807) is 19.2 Å². The van der Waals surface area contributed by atoms with E-state index < -0.39 is 5.97 Å². The molecule has 5 heteroatoms. The van der Waals surface area contributed by atoms with Crippen molar-refractivity contribution in [3.05, 3.63) is 23.8 Å². The lowest BCUT2D eigenvalue weighted by atomic mass is 9.94. The van der Waals surface area contributed by atoms with E-state index in [1.165, 1.54) is 6.07 Å². The van der Waals surface area contributed by atoms with Gasteiger partial charge in [0.15, 0.2) is 0 Å². The molecular formula is C10H13BO4. The third kappa shape index (κ3) is 3.29. The van der Waals surface area contributed by atoms with Gasteiger partial charge in [-0.2, -0.15) is 0 Å². The molecule has 80 valence electrons. The molecule has 4 nitrogen and oxygen atoms in total. The maximum absolute atomic E-state index is 10.7. The maximum atomic E-state index is 10.7. The van der Waals surface area contributed by atoms with E-state index in [2.05, 4.69) is 0 Å². The molecule has 15 heavy (non-hydrogen) atoms. The van der Waals surface area contributed by atoms with Gasteiger partial charge in [0.05, 0.1) is 12.2 Å². The van der Waals surface area contributed by atoms with Crippen LogP contribution in [0.3, 0.4) is 0 Å². The molecule has 0 fully saturated rings. The van der Waals surface area contributed by atoms with Gasteiger partial charge < -0.3 is 14.6 Å². The molecule has 0 saturated heterocycles. The van der Waals surface area contributed by atoms with Crippen LogP contribution in [0.5, 0.6) is 5.75 Å². The summed E-state index contributed by atoms with van der Waals surface area (Å²) < 4.78 is 10.2. The van der Waals surface area contributed by atoms with Crippen LogP contribution in [-0.4, -0.2) is 39.2 Å². The van der Waals surface area contributed by atoms with Crippen molar-refractivity contribution < 1.29 is 19.4 Å². The largest absolute Gasteiger partial charge is 0.492 e. The Hall–Kier alpha value is -1.49. The standard InChI is InChI=1S/C10H13BO4/c1-14-4-5-15-9-6-7(10(12)13)2-3-8(9)11/h2-3,6H,4-5,11H2,1H3,(H,12,13). The van der Waals surface area contributed by atoms with E-state index in [-0.39, 0.29) is 5.56 Å². The minimum absolute atomic E-state index is 0.230. The molecule has 1 aromatic carbocycles. The highest BCUT2D eigenvalue weighted by atomic mass is 16.5. The van der Waals surface area contributed by atoms with Gasteiger partial charge in [0.25, 0.3) is 0 Å². The Kier molecular flexibility index (Phi) is 4.18. The van der Waals surface area contributed by atoms with Crippen LogP contribution < -0.4 is 10.2 Å². The molecule has 0 aliphatic carbocycles. The highest BCUT2D eigenvalue weighted by Crippen LogP contribution is 2.10. The van der Waals surface area contributed by atoms with Crippen molar-refractivity contribution in [3.63, 3.8) is 0 Å². The highest BCUT2D eigenvalue weighted by molar-refractivity contribution is 6.34. The molecule has 0 amide bonds. The topological polar surface area (TPSA) is 55.8 Å². The summed E-state index contributed by atoms with van der Waals surface area (Å²) in [5.74, 6) is -0.362. The van der Waals surface area contributed by atoms with Crippen LogP contribution in [0.15, 0.2) is 18.2 Å². The van der Waals surface area contributed by atoms with Crippen molar-refractivity contribution in [2.75, 3.05) is 20.3 Å². The van der Waals surface area contributed by atoms with Crippen molar-refractivity contribution >= 4 is 19.3 Å². The van der Waals surface area contributed by atoms with E-state index in [0.717, 1.165) is 5.46 Å². The van der Waals surface area contributed by atoms with Crippen molar-refractivity contribution in [1.29, 1.82) is 0 Å². The first-order valence-corrected chi connectivity index (χ1v) is 4.61. The first-order chi connectivity index (χ1) is 7.15. The van der Waals surface area contributed by atoms with Gasteiger partial charge in [0, 0.05) is 7.11 Å². The summed E-state index contributed by atoms with van der Waals surface area (Å²) >= 11 is 0. The van der Waals surface area contributed by atoms with Gasteiger partial charge in [0.2, 0.25) is 0 Å². The Morgan fingerprint density at radius 3 is 2.80 bits per heavy atom. The summed E-state index contributed by atoms with van der Waals surface area (Å²) in [6.45, 7) is 0.900. The van der Waals surface area contributed by atoms with Crippen LogP contribution in [0.25, 0.3) is 0 Å². The second kappa shape index (κ2) is 5.41. The number of hydrogen-bond donors (Lipinski definition) is 1. The molecule has 0 aliphatic heterocycles. The molecule has 1 rings (SSSR count). The predicted molar refractivity (Wildman–Crippen MR) is 59.0 cm³/mol. The number of hydrogen-bond acceptors (Lipinski definition) is 3. The third-order valence-electron chi connectivity index (χ3n) is 1.98. The monoisotopic (exact) mass is 208 g/mol. The summed E-state index contributed by atoms with van der Waals surface area (Å²) in [5.41, 5.74) is 1.14. The first-order valence-electron chi connectivity index (χ1n) is 4.61. The van der Waals surface area contributed by atoms with Gasteiger partial charge in [0.1, 0.15) is 20.2 Å². The predicted octanol–water partition coefficient (Wildman–Crippen LogP) is -0.332. The minimum Gasteiger partial charge on any atom is -0.492 e. The summed E-state index contributed by atoms with van der Waals surface area (Å²) in [6, 6.07) is 4.81. The number of carbonyl (C=O) groups is 1. The number of benzene rings is 1. The van der Waals surface area contributed by atoms with Crippen LogP contribution in [-0.2, 0) is 4.74 Å². The van der Waals surface area contributed by atoms with Gasteiger partial charge in [-0.1, -0.05) is 6.07 Å². The number of carboxylic acids is 1. The number of rotatable bonds is 5. The van der Waals surface area contributed by atoms with Crippen LogP contribution in [0.1, 0.15) is 10.4 Å². The third-order valence-corrected chi connectivity index (χ3v) is 1.98. The smallest absolute Gasteiger partial charge is 0.335 e. The second-order valence-electron chi connectivity index (χ2n) is 3.13. The van der Waals surface area contributed by atoms with Crippen molar-refractivity contribution in [1.82, 2.24) is 0 Å². The SMILES string of the molecule is Bc1ccc(C(=O)O)cc1OCCOC. The number of carboxylic acid groups (broad SMARTS) is 1. The van der Waals surface area contributed by atoms with E-state index in [1.807, 2.05) is 7.85 Å². The normalized spacial score (nSPS) is 9.93. The molecule has 1 N–H and O–H groups in total. The molecule has 1 aromatic rings. The van der Waals surface area contributed by atoms with Gasteiger partial charge in [-0.3, -0.25) is 0 Å².